The maximum atomic E-state index is 6.09. The van der Waals surface area contributed by atoms with Crippen molar-refractivity contribution in [2.45, 2.75) is 0 Å². The van der Waals surface area contributed by atoms with Gasteiger partial charge in [0.2, 0.25) is 0 Å². The fourth-order valence-electron chi connectivity index (χ4n) is 1.57. The normalized spacial score (nSPS) is 10.1. The van der Waals surface area contributed by atoms with E-state index in [1.54, 1.807) is 44.6 Å². The van der Waals surface area contributed by atoms with E-state index in [1.165, 1.54) is 0 Å². The Hall–Kier alpha value is -1.65. The molecule has 1 aromatic heterocycles. The van der Waals surface area contributed by atoms with Gasteiger partial charge < -0.3 is 14.8 Å². The third kappa shape index (κ3) is 3.22. The Morgan fingerprint density at radius 1 is 1.05 bits per heavy atom. The SMILES string of the molecule is COc1cc(OC)c(Nc2cccc(Cl)n2)cc1Cl. The standard InChI is InChI=1S/C13H12Cl2N2O2/c1-18-10-7-11(19-2)9(6-8(10)14)16-13-5-3-4-12(15)17-13/h3-7H,1-2H3,(H,16,17). The number of hydrogen-bond donors (Lipinski definition) is 1. The van der Waals surface area contributed by atoms with Crippen LogP contribution in [0.3, 0.4) is 0 Å². The van der Waals surface area contributed by atoms with E-state index in [2.05, 4.69) is 10.3 Å². The van der Waals surface area contributed by atoms with Gasteiger partial charge in [-0.15, -0.1) is 0 Å². The average molecular weight is 299 g/mol. The average Bonchev–Trinajstić information content (AvgIpc) is 2.39. The Balaban J connectivity index is 2.36. The number of benzene rings is 1. The number of anilines is 2. The maximum Gasteiger partial charge on any atom is 0.146 e. The minimum atomic E-state index is 0.406. The first-order chi connectivity index (χ1) is 9.13. The molecule has 0 atom stereocenters. The zero-order valence-electron chi connectivity index (χ0n) is 10.4. The molecule has 0 aliphatic rings. The van der Waals surface area contributed by atoms with Gasteiger partial charge in [0.15, 0.2) is 0 Å². The summed E-state index contributed by atoms with van der Waals surface area (Å²) in [5.74, 6) is 1.75. The number of ether oxygens (including phenoxy) is 2. The highest BCUT2D eigenvalue weighted by Gasteiger charge is 2.10. The molecular formula is C13H12Cl2N2O2. The van der Waals surface area contributed by atoms with E-state index in [4.69, 9.17) is 32.7 Å². The largest absolute Gasteiger partial charge is 0.495 e. The van der Waals surface area contributed by atoms with Crippen LogP contribution in [0.4, 0.5) is 11.5 Å². The molecule has 0 bridgehead atoms. The molecule has 2 aromatic rings. The van der Waals surface area contributed by atoms with Crippen molar-refractivity contribution >= 4 is 34.7 Å². The van der Waals surface area contributed by atoms with Gasteiger partial charge in [-0.05, 0) is 18.2 Å². The van der Waals surface area contributed by atoms with E-state index in [0.29, 0.717) is 33.2 Å². The van der Waals surface area contributed by atoms with Crippen LogP contribution >= 0.6 is 23.2 Å². The highest BCUT2D eigenvalue weighted by atomic mass is 35.5. The minimum absolute atomic E-state index is 0.406. The lowest BCUT2D eigenvalue weighted by molar-refractivity contribution is 0.396. The molecule has 1 aromatic carbocycles. The summed E-state index contributed by atoms with van der Waals surface area (Å²) < 4.78 is 10.4. The first-order valence-electron chi connectivity index (χ1n) is 5.45. The second-order valence-electron chi connectivity index (χ2n) is 3.66. The van der Waals surface area contributed by atoms with Crippen LogP contribution in [0.25, 0.3) is 0 Å². The van der Waals surface area contributed by atoms with Gasteiger partial charge in [-0.25, -0.2) is 4.98 Å². The van der Waals surface area contributed by atoms with E-state index in [1.807, 2.05) is 0 Å². The quantitative estimate of drug-likeness (QED) is 0.861. The fraction of sp³-hybridized carbons (Fsp3) is 0.154. The van der Waals surface area contributed by atoms with Gasteiger partial charge in [0, 0.05) is 6.07 Å². The molecule has 0 spiro atoms. The number of pyridine rings is 1. The third-order valence-electron chi connectivity index (χ3n) is 2.45. The summed E-state index contributed by atoms with van der Waals surface area (Å²) in [4.78, 5) is 4.14. The molecule has 0 aliphatic heterocycles. The molecule has 0 saturated heterocycles. The molecular weight excluding hydrogens is 287 g/mol. The van der Waals surface area contributed by atoms with Crippen molar-refractivity contribution in [2.75, 3.05) is 19.5 Å². The number of nitrogens with zero attached hydrogens (tertiary/aromatic N) is 1. The van der Waals surface area contributed by atoms with Gasteiger partial charge in [0.1, 0.15) is 22.5 Å². The molecule has 0 fully saturated rings. The monoisotopic (exact) mass is 298 g/mol. The highest BCUT2D eigenvalue weighted by Crippen LogP contribution is 2.37. The van der Waals surface area contributed by atoms with Crippen LogP contribution in [0.1, 0.15) is 0 Å². The van der Waals surface area contributed by atoms with Crippen LogP contribution in [-0.2, 0) is 0 Å². The third-order valence-corrected chi connectivity index (χ3v) is 2.96. The molecule has 4 nitrogen and oxygen atoms in total. The Kier molecular flexibility index (Phi) is 4.35. The summed E-state index contributed by atoms with van der Waals surface area (Å²) in [6.45, 7) is 0. The molecule has 0 unspecified atom stereocenters. The van der Waals surface area contributed by atoms with Gasteiger partial charge in [-0.3, -0.25) is 0 Å². The van der Waals surface area contributed by atoms with E-state index in [-0.39, 0.29) is 0 Å². The number of rotatable bonds is 4. The van der Waals surface area contributed by atoms with Crippen molar-refractivity contribution in [1.29, 1.82) is 0 Å². The molecule has 0 aliphatic carbocycles. The Morgan fingerprint density at radius 3 is 2.42 bits per heavy atom. The van der Waals surface area contributed by atoms with Crippen molar-refractivity contribution in [3.05, 3.63) is 40.5 Å². The molecule has 100 valence electrons. The lowest BCUT2D eigenvalue weighted by Gasteiger charge is -2.13. The van der Waals surface area contributed by atoms with Crippen molar-refractivity contribution in [1.82, 2.24) is 4.98 Å². The molecule has 1 N–H and O–H groups in total. The Morgan fingerprint density at radius 2 is 1.79 bits per heavy atom. The molecule has 0 radical (unpaired) electrons. The number of hydrogen-bond acceptors (Lipinski definition) is 4. The molecule has 0 amide bonds. The zero-order valence-corrected chi connectivity index (χ0v) is 11.9. The lowest BCUT2D eigenvalue weighted by atomic mass is 10.2. The van der Waals surface area contributed by atoms with Crippen LogP contribution in [0.2, 0.25) is 10.2 Å². The predicted octanol–water partition coefficient (Wildman–Crippen LogP) is 4.15. The number of aromatic nitrogens is 1. The summed E-state index contributed by atoms with van der Waals surface area (Å²) in [5, 5.41) is 3.98. The Labute approximate surface area is 121 Å². The van der Waals surface area contributed by atoms with E-state index >= 15 is 0 Å². The predicted molar refractivity (Wildman–Crippen MR) is 77.1 cm³/mol. The molecule has 19 heavy (non-hydrogen) atoms. The second kappa shape index (κ2) is 5.99. The number of methoxy groups -OCH3 is 2. The summed E-state index contributed by atoms with van der Waals surface area (Å²) in [5.41, 5.74) is 0.683. The highest BCUT2D eigenvalue weighted by molar-refractivity contribution is 6.32. The van der Waals surface area contributed by atoms with Crippen LogP contribution in [-0.4, -0.2) is 19.2 Å². The van der Waals surface area contributed by atoms with Gasteiger partial charge in [-0.2, -0.15) is 0 Å². The van der Waals surface area contributed by atoms with Crippen molar-refractivity contribution in [3.8, 4) is 11.5 Å². The summed E-state index contributed by atoms with van der Waals surface area (Å²) in [6.07, 6.45) is 0. The first kappa shape index (κ1) is 13.8. The number of nitrogens with one attached hydrogen (secondary N) is 1. The van der Waals surface area contributed by atoms with Crippen LogP contribution < -0.4 is 14.8 Å². The van der Waals surface area contributed by atoms with E-state index < -0.39 is 0 Å². The van der Waals surface area contributed by atoms with Gasteiger partial charge >= 0.3 is 0 Å². The maximum absolute atomic E-state index is 6.09. The molecule has 0 saturated carbocycles. The summed E-state index contributed by atoms with van der Waals surface area (Å²) in [7, 11) is 3.12. The summed E-state index contributed by atoms with van der Waals surface area (Å²) >= 11 is 11.9. The minimum Gasteiger partial charge on any atom is -0.495 e. The molecule has 6 heteroatoms. The van der Waals surface area contributed by atoms with Crippen LogP contribution in [0.5, 0.6) is 11.5 Å². The van der Waals surface area contributed by atoms with Gasteiger partial charge in [0.25, 0.3) is 0 Å². The second-order valence-corrected chi connectivity index (χ2v) is 4.45. The molecule has 1 heterocycles. The van der Waals surface area contributed by atoms with Crippen molar-refractivity contribution in [3.63, 3.8) is 0 Å². The van der Waals surface area contributed by atoms with E-state index in [9.17, 15) is 0 Å². The number of halogens is 2. The van der Waals surface area contributed by atoms with Gasteiger partial charge in [0.05, 0.1) is 24.9 Å². The topological polar surface area (TPSA) is 43.4 Å². The Bertz CT molecular complexity index is 591. The fourth-order valence-corrected chi connectivity index (χ4v) is 1.98. The summed E-state index contributed by atoms with van der Waals surface area (Å²) in [6, 6.07) is 8.71. The molecule has 2 rings (SSSR count). The van der Waals surface area contributed by atoms with Crippen molar-refractivity contribution < 1.29 is 9.47 Å². The lowest BCUT2D eigenvalue weighted by Crippen LogP contribution is -1.98. The van der Waals surface area contributed by atoms with Gasteiger partial charge in [-0.1, -0.05) is 29.3 Å². The smallest absolute Gasteiger partial charge is 0.146 e. The van der Waals surface area contributed by atoms with Crippen molar-refractivity contribution in [2.24, 2.45) is 0 Å². The van der Waals surface area contributed by atoms with Crippen LogP contribution in [0, 0.1) is 0 Å². The van der Waals surface area contributed by atoms with Crippen LogP contribution in [0.15, 0.2) is 30.3 Å². The van der Waals surface area contributed by atoms with E-state index in [0.717, 1.165) is 0 Å². The first-order valence-corrected chi connectivity index (χ1v) is 6.20. The zero-order chi connectivity index (χ0) is 13.8.